The van der Waals surface area contributed by atoms with Gasteiger partial charge in [-0.15, -0.1) is 0 Å². The summed E-state index contributed by atoms with van der Waals surface area (Å²) in [5, 5.41) is 33.7. The molecule has 0 radical (unpaired) electrons. The molecule has 2 heterocycles. The number of allylic oxidation sites excluding steroid dienone is 3. The molecule has 5 rings (SSSR count). The van der Waals surface area contributed by atoms with Crippen LogP contribution in [0.1, 0.15) is 47.5 Å². The highest BCUT2D eigenvalue weighted by Crippen LogP contribution is 2.72. The molecule has 11 nitrogen and oxygen atoms in total. The summed E-state index contributed by atoms with van der Waals surface area (Å²) in [5.41, 5.74) is -3.43. The van der Waals surface area contributed by atoms with E-state index in [4.69, 9.17) is 18.9 Å². The first kappa shape index (κ1) is 27.8. The zero-order valence-electron chi connectivity index (χ0n) is 22.9. The number of ether oxygens (including phenoxy) is 4. The van der Waals surface area contributed by atoms with Gasteiger partial charge in [0.2, 0.25) is 11.7 Å². The average Bonchev–Trinajstić information content (AvgIpc) is 3.18. The fourth-order valence-electron chi connectivity index (χ4n) is 8.37. The van der Waals surface area contributed by atoms with Crippen molar-refractivity contribution in [3.05, 3.63) is 23.0 Å². The molecule has 0 amide bonds. The van der Waals surface area contributed by atoms with Gasteiger partial charge in [0.05, 0.1) is 25.7 Å². The summed E-state index contributed by atoms with van der Waals surface area (Å²) in [7, 11) is 1.10. The zero-order chi connectivity index (χ0) is 28.8. The molecule has 7 unspecified atom stereocenters. The number of ketones is 1. The molecule has 0 aromatic heterocycles. The van der Waals surface area contributed by atoms with Crippen molar-refractivity contribution in [2.75, 3.05) is 13.7 Å². The molecule has 39 heavy (non-hydrogen) atoms. The van der Waals surface area contributed by atoms with Crippen molar-refractivity contribution >= 4 is 23.7 Å². The van der Waals surface area contributed by atoms with Crippen molar-refractivity contribution in [2.24, 2.45) is 34.5 Å². The standard InChI is InChI=1S/C28H36O11/c1-11(2)12(3)7-17(30)39-20-22-27-10-37-28(22,25(35)36-6)23(33)19(32)21(27)26(5)9-15(29)18(31)13(4)14(26)8-16(27)38-24(20)34/h7,11,14,16,19-23,31-33H,8-10H2,1-6H3/b12-7+/t14?,16?,19?,20?,21?,22?,23?,26-,27+,28-/m0/s1. The fourth-order valence-corrected chi connectivity index (χ4v) is 8.37. The van der Waals surface area contributed by atoms with Crippen LogP contribution >= 0.6 is 0 Å². The number of methoxy groups -OCH3 is 1. The van der Waals surface area contributed by atoms with Gasteiger partial charge in [0, 0.05) is 23.8 Å². The quantitative estimate of drug-likeness (QED) is 0.262. The Balaban J connectivity index is 1.71. The van der Waals surface area contributed by atoms with Gasteiger partial charge in [-0.3, -0.25) is 4.79 Å². The Labute approximate surface area is 226 Å². The van der Waals surface area contributed by atoms with Crippen molar-refractivity contribution in [1.82, 2.24) is 0 Å². The SMILES string of the molecule is COC(=O)[C@@]12OC[C@@]34C(CC5C(C)=C(O)C(=O)C[C@]5(C)C3C(O)C1O)OC(=O)C(OC(=O)/C=C(\C)C(C)C)C24. The minimum atomic E-state index is -2.22. The van der Waals surface area contributed by atoms with Crippen LogP contribution in [-0.4, -0.2) is 82.7 Å². The molecule has 2 bridgehead atoms. The van der Waals surface area contributed by atoms with Crippen LogP contribution in [0.2, 0.25) is 0 Å². The molecule has 11 heteroatoms. The molecule has 10 atom stereocenters. The predicted molar refractivity (Wildman–Crippen MR) is 132 cm³/mol. The van der Waals surface area contributed by atoms with E-state index in [2.05, 4.69) is 0 Å². The number of hydrogen-bond acceptors (Lipinski definition) is 11. The van der Waals surface area contributed by atoms with Gasteiger partial charge in [-0.25, -0.2) is 14.4 Å². The molecule has 0 aromatic rings. The molecular formula is C28H36O11. The highest BCUT2D eigenvalue weighted by molar-refractivity contribution is 5.95. The third-order valence-corrected chi connectivity index (χ3v) is 10.3. The number of Topliss-reactive ketones (excluding diaryl/α,β-unsaturated/α-hetero) is 1. The summed E-state index contributed by atoms with van der Waals surface area (Å²) >= 11 is 0. The third kappa shape index (κ3) is 3.39. The van der Waals surface area contributed by atoms with Gasteiger partial charge >= 0.3 is 17.9 Å². The molecule has 0 aromatic carbocycles. The lowest BCUT2D eigenvalue weighted by molar-refractivity contribution is -0.290. The average molecular weight is 549 g/mol. The van der Waals surface area contributed by atoms with E-state index in [1.807, 2.05) is 13.8 Å². The van der Waals surface area contributed by atoms with Gasteiger partial charge in [-0.2, -0.15) is 0 Å². The molecule has 3 aliphatic carbocycles. The second-order valence-corrected chi connectivity index (χ2v) is 12.3. The second kappa shape index (κ2) is 8.87. The van der Waals surface area contributed by atoms with E-state index in [1.165, 1.54) is 6.08 Å². The lowest BCUT2D eigenvalue weighted by Crippen LogP contribution is -2.79. The van der Waals surface area contributed by atoms with E-state index in [-0.39, 0.29) is 31.1 Å². The predicted octanol–water partition coefficient (Wildman–Crippen LogP) is 1.15. The van der Waals surface area contributed by atoms with E-state index < -0.39 is 82.3 Å². The Bertz CT molecular complexity index is 1200. The Morgan fingerprint density at radius 3 is 2.46 bits per heavy atom. The number of rotatable bonds is 4. The lowest BCUT2D eigenvalue weighted by Gasteiger charge is -2.67. The number of carbonyl (C=O) groups is 4. The number of fused-ring (bicyclic) bond motifs is 2. The van der Waals surface area contributed by atoms with E-state index in [1.54, 1.807) is 20.8 Å². The first-order chi connectivity index (χ1) is 18.2. The Morgan fingerprint density at radius 1 is 1.18 bits per heavy atom. The molecule has 2 saturated carbocycles. The van der Waals surface area contributed by atoms with E-state index in [9.17, 15) is 34.5 Å². The molecular weight excluding hydrogens is 512 g/mol. The van der Waals surface area contributed by atoms with Crippen molar-refractivity contribution in [1.29, 1.82) is 0 Å². The number of hydrogen-bond donors (Lipinski definition) is 3. The molecule has 2 saturated heterocycles. The van der Waals surface area contributed by atoms with Gasteiger partial charge in [0.15, 0.2) is 11.5 Å². The van der Waals surface area contributed by atoms with Crippen molar-refractivity contribution in [2.45, 2.75) is 77.5 Å². The largest absolute Gasteiger partial charge is 0.504 e. The van der Waals surface area contributed by atoms with Crippen molar-refractivity contribution in [3.63, 3.8) is 0 Å². The van der Waals surface area contributed by atoms with E-state index in [0.717, 1.165) is 7.11 Å². The van der Waals surface area contributed by atoms with Crippen LogP contribution in [0, 0.1) is 34.5 Å². The van der Waals surface area contributed by atoms with Crippen LogP contribution in [0.25, 0.3) is 0 Å². The fraction of sp³-hybridized carbons (Fsp3) is 0.714. The topological polar surface area (TPSA) is 166 Å². The summed E-state index contributed by atoms with van der Waals surface area (Å²) in [6, 6.07) is 0. The molecule has 5 aliphatic rings. The Kier molecular flexibility index (Phi) is 6.32. The minimum absolute atomic E-state index is 0.0302. The molecule has 3 N–H and O–H groups in total. The Morgan fingerprint density at radius 2 is 1.85 bits per heavy atom. The maximum absolute atomic E-state index is 13.5. The smallest absolute Gasteiger partial charge is 0.348 e. The summed E-state index contributed by atoms with van der Waals surface area (Å²) in [5.74, 6) is -6.26. The van der Waals surface area contributed by atoms with Crippen LogP contribution in [0.4, 0.5) is 0 Å². The first-order valence-electron chi connectivity index (χ1n) is 13.3. The van der Waals surface area contributed by atoms with Gasteiger partial charge in [-0.1, -0.05) is 26.3 Å². The monoisotopic (exact) mass is 548 g/mol. The number of aliphatic hydroxyl groups excluding tert-OH is 3. The van der Waals surface area contributed by atoms with Crippen LogP contribution in [-0.2, 0) is 38.1 Å². The summed E-state index contributed by atoms with van der Waals surface area (Å²) in [6.07, 6.45) is -4.75. The highest BCUT2D eigenvalue weighted by atomic mass is 16.6. The van der Waals surface area contributed by atoms with E-state index in [0.29, 0.717) is 11.1 Å². The lowest BCUT2D eigenvalue weighted by atomic mass is 9.38. The van der Waals surface area contributed by atoms with Crippen LogP contribution in [0.3, 0.4) is 0 Å². The third-order valence-electron chi connectivity index (χ3n) is 10.3. The summed E-state index contributed by atoms with van der Waals surface area (Å²) < 4.78 is 22.7. The van der Waals surface area contributed by atoms with Crippen molar-refractivity contribution < 1.29 is 53.4 Å². The maximum atomic E-state index is 13.5. The van der Waals surface area contributed by atoms with Crippen LogP contribution < -0.4 is 0 Å². The molecule has 2 aliphatic heterocycles. The molecule has 1 spiro atoms. The summed E-state index contributed by atoms with van der Waals surface area (Å²) in [6.45, 7) is 8.72. The normalized spacial score (nSPS) is 44.9. The van der Waals surface area contributed by atoms with Crippen LogP contribution in [0.5, 0.6) is 0 Å². The molecule has 214 valence electrons. The number of aliphatic hydroxyl groups is 3. The second-order valence-electron chi connectivity index (χ2n) is 12.3. The number of carbonyl (C=O) groups excluding carboxylic acids is 4. The molecule has 4 fully saturated rings. The van der Waals surface area contributed by atoms with Gasteiger partial charge in [0.25, 0.3) is 0 Å². The van der Waals surface area contributed by atoms with Crippen LogP contribution in [0.15, 0.2) is 23.0 Å². The highest BCUT2D eigenvalue weighted by Gasteiger charge is 2.85. The summed E-state index contributed by atoms with van der Waals surface area (Å²) in [4.78, 5) is 52.8. The Hall–Kier alpha value is -2.76. The van der Waals surface area contributed by atoms with Crippen molar-refractivity contribution in [3.8, 4) is 0 Å². The minimum Gasteiger partial charge on any atom is -0.504 e. The van der Waals surface area contributed by atoms with Gasteiger partial charge in [0.1, 0.15) is 12.2 Å². The first-order valence-corrected chi connectivity index (χ1v) is 13.3. The number of esters is 3. The van der Waals surface area contributed by atoms with Gasteiger partial charge in [-0.05, 0) is 43.1 Å². The van der Waals surface area contributed by atoms with Gasteiger partial charge < -0.3 is 34.3 Å². The maximum Gasteiger partial charge on any atom is 0.348 e. The zero-order valence-corrected chi connectivity index (χ0v) is 22.9. The van der Waals surface area contributed by atoms with E-state index >= 15 is 0 Å².